The molecule has 0 aromatic heterocycles. The van der Waals surface area contributed by atoms with E-state index in [-0.39, 0.29) is 0 Å². The van der Waals surface area contributed by atoms with Gasteiger partial charge in [-0.1, -0.05) is 13.8 Å². The zero-order chi connectivity index (χ0) is 11.8. The Balaban J connectivity index is 1.99. The van der Waals surface area contributed by atoms with Crippen LogP contribution < -0.4 is 5.32 Å². The van der Waals surface area contributed by atoms with Crippen molar-refractivity contribution in [3.63, 3.8) is 0 Å². The first kappa shape index (κ1) is 13.9. The summed E-state index contributed by atoms with van der Waals surface area (Å²) in [6.45, 7) is 8.12. The molecule has 3 nitrogen and oxygen atoms in total. The van der Waals surface area contributed by atoms with Crippen LogP contribution in [-0.4, -0.2) is 39.5 Å². The van der Waals surface area contributed by atoms with Crippen molar-refractivity contribution in [2.45, 2.75) is 39.2 Å². The van der Waals surface area contributed by atoms with Crippen molar-refractivity contribution in [3.8, 4) is 0 Å². The third-order valence-corrected chi connectivity index (χ3v) is 3.25. The lowest BCUT2D eigenvalue weighted by Gasteiger charge is -2.31. The van der Waals surface area contributed by atoms with Gasteiger partial charge in [-0.3, -0.25) is 0 Å². The molecule has 0 aliphatic heterocycles. The smallest absolute Gasteiger partial charge is 0.0594 e. The molecule has 1 rings (SSSR count). The van der Waals surface area contributed by atoms with Crippen LogP contribution in [0.15, 0.2) is 0 Å². The maximum atomic E-state index is 5.90. The largest absolute Gasteiger partial charge is 0.383 e. The normalized spacial score (nSPS) is 30.6. The Morgan fingerprint density at radius 3 is 2.25 bits per heavy atom. The van der Waals surface area contributed by atoms with Crippen molar-refractivity contribution >= 4 is 0 Å². The third kappa shape index (κ3) is 5.83. The molecule has 0 aromatic carbocycles. The van der Waals surface area contributed by atoms with E-state index in [0.717, 1.165) is 38.1 Å². The highest BCUT2D eigenvalue weighted by Gasteiger charge is 2.23. The highest BCUT2D eigenvalue weighted by molar-refractivity contribution is 4.75. The third-order valence-electron chi connectivity index (χ3n) is 3.25. The van der Waals surface area contributed by atoms with Crippen LogP contribution >= 0.6 is 0 Å². The lowest BCUT2D eigenvalue weighted by molar-refractivity contribution is 0.00243. The Morgan fingerprint density at radius 1 is 1.00 bits per heavy atom. The van der Waals surface area contributed by atoms with E-state index in [4.69, 9.17) is 9.47 Å². The summed E-state index contributed by atoms with van der Waals surface area (Å²) in [7, 11) is 1.73. The van der Waals surface area contributed by atoms with Crippen LogP contribution in [0.4, 0.5) is 0 Å². The second-order valence-electron chi connectivity index (χ2n) is 5.15. The maximum absolute atomic E-state index is 5.90. The summed E-state index contributed by atoms with van der Waals surface area (Å²) in [6, 6.07) is 0. The minimum absolute atomic E-state index is 0.489. The molecule has 0 bridgehead atoms. The number of nitrogens with one attached hydrogen (secondary N) is 1. The monoisotopic (exact) mass is 229 g/mol. The molecule has 0 saturated heterocycles. The molecule has 1 N–H and O–H groups in total. The lowest BCUT2D eigenvalue weighted by Crippen LogP contribution is -2.30. The van der Waals surface area contributed by atoms with Crippen LogP contribution in [0.1, 0.15) is 33.1 Å². The highest BCUT2D eigenvalue weighted by Crippen LogP contribution is 2.30. The second-order valence-corrected chi connectivity index (χ2v) is 5.15. The summed E-state index contributed by atoms with van der Waals surface area (Å²) in [5.41, 5.74) is 0. The topological polar surface area (TPSA) is 30.5 Å². The predicted molar refractivity (Wildman–Crippen MR) is 66.7 cm³/mol. The van der Waals surface area contributed by atoms with E-state index in [9.17, 15) is 0 Å². The molecule has 2 atom stereocenters. The van der Waals surface area contributed by atoms with Crippen molar-refractivity contribution in [1.29, 1.82) is 0 Å². The predicted octanol–water partition coefficient (Wildman–Crippen LogP) is 2.06. The fraction of sp³-hybridized carbons (Fsp3) is 1.00. The Bertz CT molecular complexity index is 165. The first-order chi connectivity index (χ1) is 7.72. The molecule has 1 aliphatic carbocycles. The number of ether oxygens (including phenoxy) is 2. The van der Waals surface area contributed by atoms with Crippen LogP contribution in [0.25, 0.3) is 0 Å². The van der Waals surface area contributed by atoms with Gasteiger partial charge >= 0.3 is 0 Å². The van der Waals surface area contributed by atoms with Gasteiger partial charge in [0.2, 0.25) is 0 Å². The molecule has 0 radical (unpaired) electrons. The lowest BCUT2D eigenvalue weighted by atomic mass is 9.82. The van der Waals surface area contributed by atoms with Crippen molar-refractivity contribution in [3.05, 3.63) is 0 Å². The second kappa shape index (κ2) is 8.04. The van der Waals surface area contributed by atoms with Crippen LogP contribution in [0.3, 0.4) is 0 Å². The Morgan fingerprint density at radius 2 is 1.62 bits per heavy atom. The average Bonchev–Trinajstić information content (AvgIpc) is 2.22. The van der Waals surface area contributed by atoms with Crippen LogP contribution in [0.5, 0.6) is 0 Å². The van der Waals surface area contributed by atoms with Gasteiger partial charge in [-0.2, -0.15) is 0 Å². The minimum atomic E-state index is 0.489. The standard InChI is InChI=1S/C13H27NO2/c1-11-8-12(2)10-13(9-11)16-7-5-14-4-6-15-3/h11-14H,4-10H2,1-3H3. The molecule has 0 aromatic rings. The van der Waals surface area contributed by atoms with E-state index in [2.05, 4.69) is 19.2 Å². The molecule has 16 heavy (non-hydrogen) atoms. The Hall–Kier alpha value is -0.120. The zero-order valence-electron chi connectivity index (χ0n) is 11.0. The van der Waals surface area contributed by atoms with Gasteiger partial charge in [-0.05, 0) is 31.1 Å². The number of hydrogen-bond donors (Lipinski definition) is 1. The number of rotatable bonds is 7. The van der Waals surface area contributed by atoms with E-state index < -0.39 is 0 Å². The maximum Gasteiger partial charge on any atom is 0.0594 e. The number of methoxy groups -OCH3 is 1. The molecule has 0 spiro atoms. The molecule has 96 valence electrons. The van der Waals surface area contributed by atoms with Crippen molar-refractivity contribution < 1.29 is 9.47 Å². The fourth-order valence-electron chi connectivity index (χ4n) is 2.61. The molecular weight excluding hydrogens is 202 g/mol. The average molecular weight is 229 g/mol. The fourth-order valence-corrected chi connectivity index (χ4v) is 2.61. The van der Waals surface area contributed by atoms with Gasteiger partial charge in [0.1, 0.15) is 0 Å². The Kier molecular flexibility index (Phi) is 7.01. The van der Waals surface area contributed by atoms with Crippen LogP contribution in [0.2, 0.25) is 0 Å². The Labute approximate surface area is 99.9 Å². The molecule has 1 fully saturated rings. The van der Waals surface area contributed by atoms with Crippen molar-refractivity contribution in [2.75, 3.05) is 33.4 Å². The number of hydrogen-bond acceptors (Lipinski definition) is 3. The summed E-state index contributed by atoms with van der Waals surface area (Å²) >= 11 is 0. The molecule has 3 heteroatoms. The van der Waals surface area contributed by atoms with Crippen LogP contribution in [-0.2, 0) is 9.47 Å². The molecule has 1 aliphatic rings. The first-order valence-electron chi connectivity index (χ1n) is 6.53. The van der Waals surface area contributed by atoms with E-state index in [1.807, 2.05) is 0 Å². The van der Waals surface area contributed by atoms with Gasteiger partial charge in [0.05, 0.1) is 19.3 Å². The van der Waals surface area contributed by atoms with E-state index in [1.54, 1.807) is 7.11 Å². The van der Waals surface area contributed by atoms with E-state index >= 15 is 0 Å². The van der Waals surface area contributed by atoms with Crippen molar-refractivity contribution in [2.24, 2.45) is 11.8 Å². The van der Waals surface area contributed by atoms with E-state index in [1.165, 1.54) is 19.3 Å². The molecule has 0 heterocycles. The summed E-state index contributed by atoms with van der Waals surface area (Å²) in [5.74, 6) is 1.66. The molecule has 0 amide bonds. The van der Waals surface area contributed by atoms with Crippen LogP contribution in [0, 0.1) is 11.8 Å². The quantitative estimate of drug-likeness (QED) is 0.678. The van der Waals surface area contributed by atoms with E-state index in [0.29, 0.717) is 6.10 Å². The minimum Gasteiger partial charge on any atom is -0.383 e. The van der Waals surface area contributed by atoms with Gasteiger partial charge in [-0.25, -0.2) is 0 Å². The highest BCUT2D eigenvalue weighted by atomic mass is 16.5. The van der Waals surface area contributed by atoms with Gasteiger partial charge in [0, 0.05) is 20.2 Å². The summed E-state index contributed by atoms with van der Waals surface area (Å²) in [4.78, 5) is 0. The van der Waals surface area contributed by atoms with Gasteiger partial charge < -0.3 is 14.8 Å². The molecule has 2 unspecified atom stereocenters. The molecular formula is C13H27NO2. The zero-order valence-corrected chi connectivity index (χ0v) is 11.0. The van der Waals surface area contributed by atoms with Gasteiger partial charge in [-0.15, -0.1) is 0 Å². The summed E-state index contributed by atoms with van der Waals surface area (Å²) in [5, 5.41) is 3.30. The van der Waals surface area contributed by atoms with Gasteiger partial charge in [0.15, 0.2) is 0 Å². The first-order valence-corrected chi connectivity index (χ1v) is 6.53. The SMILES string of the molecule is COCCNCCOC1CC(C)CC(C)C1. The van der Waals surface area contributed by atoms with Gasteiger partial charge in [0.25, 0.3) is 0 Å². The summed E-state index contributed by atoms with van der Waals surface area (Å²) < 4.78 is 10.9. The summed E-state index contributed by atoms with van der Waals surface area (Å²) in [6.07, 6.45) is 4.33. The molecule has 1 saturated carbocycles. The van der Waals surface area contributed by atoms with Crippen molar-refractivity contribution in [1.82, 2.24) is 5.32 Å².